The van der Waals surface area contributed by atoms with E-state index in [1.165, 1.54) is 16.0 Å². The second-order valence-corrected chi connectivity index (χ2v) is 6.93. The Kier molecular flexibility index (Phi) is 4.97. The van der Waals surface area contributed by atoms with Gasteiger partial charge in [0.1, 0.15) is 12.3 Å². The molecule has 0 fully saturated rings. The first-order valence-corrected chi connectivity index (χ1v) is 8.79. The molecule has 0 amide bonds. The van der Waals surface area contributed by atoms with Gasteiger partial charge in [-0.1, -0.05) is 17.7 Å². The van der Waals surface area contributed by atoms with Crippen molar-refractivity contribution < 1.29 is 14.1 Å². The molecule has 1 unspecified atom stereocenters. The Morgan fingerprint density at radius 3 is 2.83 bits per heavy atom. The Morgan fingerprint density at radius 2 is 2.12 bits per heavy atom. The fraction of sp³-hybridized carbons (Fsp3) is 0.333. The minimum absolute atomic E-state index is 0.0939. The zero-order valence-corrected chi connectivity index (χ0v) is 15.2. The third-order valence-corrected chi connectivity index (χ3v) is 5.05. The number of benzene rings is 1. The van der Waals surface area contributed by atoms with Gasteiger partial charge in [-0.2, -0.15) is 0 Å². The average Bonchev–Trinajstić information content (AvgIpc) is 3.25. The largest absolute Gasteiger partial charge is 0.496 e. The zero-order chi connectivity index (χ0) is 17.1. The van der Waals surface area contributed by atoms with E-state index in [1.807, 2.05) is 23.6 Å². The molecule has 0 saturated carbocycles. The number of nitrogens with zero attached hydrogens (tertiary/aromatic N) is 2. The molecule has 3 rings (SSSR count). The van der Waals surface area contributed by atoms with Gasteiger partial charge in [-0.05, 0) is 37.4 Å². The lowest BCUT2D eigenvalue weighted by atomic mass is 10.1. The lowest BCUT2D eigenvalue weighted by molar-refractivity contribution is -0.925. The van der Waals surface area contributed by atoms with Gasteiger partial charge in [0.05, 0.1) is 19.0 Å². The van der Waals surface area contributed by atoms with Crippen LogP contribution in [0.1, 0.15) is 30.0 Å². The first-order valence-electron chi connectivity index (χ1n) is 7.91. The van der Waals surface area contributed by atoms with Crippen LogP contribution in [0, 0.1) is 6.92 Å². The molecule has 5 nitrogen and oxygen atoms in total. The maximum absolute atomic E-state index is 5.87. The van der Waals surface area contributed by atoms with Crippen LogP contribution in [0.15, 0.2) is 40.1 Å². The van der Waals surface area contributed by atoms with E-state index in [2.05, 4.69) is 43.2 Å². The highest BCUT2D eigenvalue weighted by Crippen LogP contribution is 2.24. The summed E-state index contributed by atoms with van der Waals surface area (Å²) in [5.74, 6) is 2.16. The molecule has 0 bridgehead atoms. The molecule has 0 aliphatic rings. The topological polar surface area (TPSA) is 52.6 Å². The molecular weight excluding hydrogens is 322 g/mol. The van der Waals surface area contributed by atoms with Crippen molar-refractivity contribution in [3.8, 4) is 16.5 Å². The molecule has 2 heterocycles. The molecule has 0 spiro atoms. The fourth-order valence-corrected chi connectivity index (χ4v) is 3.26. The molecule has 0 aliphatic heterocycles. The van der Waals surface area contributed by atoms with Crippen LogP contribution in [0.25, 0.3) is 10.8 Å². The normalized spacial score (nSPS) is 13.7. The van der Waals surface area contributed by atoms with Crippen molar-refractivity contribution in [1.82, 2.24) is 10.2 Å². The molecule has 2 aromatic heterocycles. The van der Waals surface area contributed by atoms with Gasteiger partial charge in [0.15, 0.2) is 6.04 Å². The van der Waals surface area contributed by atoms with Gasteiger partial charge >= 0.3 is 0 Å². The number of hydrogen-bond donors (Lipinski definition) is 1. The smallest absolute Gasteiger partial charge is 0.274 e. The van der Waals surface area contributed by atoms with Crippen LogP contribution >= 0.6 is 11.3 Å². The minimum Gasteiger partial charge on any atom is -0.496 e. The predicted octanol–water partition coefficient (Wildman–Crippen LogP) is 2.89. The number of thiophene rings is 1. The molecule has 0 aliphatic carbocycles. The van der Waals surface area contributed by atoms with Crippen LogP contribution in [-0.4, -0.2) is 24.4 Å². The molecule has 0 saturated heterocycles. The lowest BCUT2D eigenvalue weighted by Gasteiger charge is -2.20. The van der Waals surface area contributed by atoms with Crippen molar-refractivity contribution in [2.45, 2.75) is 26.4 Å². The summed E-state index contributed by atoms with van der Waals surface area (Å²) in [5, 5.41) is 10.4. The van der Waals surface area contributed by atoms with Gasteiger partial charge in [0, 0.05) is 5.56 Å². The van der Waals surface area contributed by atoms with E-state index in [-0.39, 0.29) is 6.04 Å². The van der Waals surface area contributed by atoms with E-state index < -0.39 is 0 Å². The summed E-state index contributed by atoms with van der Waals surface area (Å²) in [6.45, 7) is 5.01. The van der Waals surface area contributed by atoms with E-state index in [1.54, 1.807) is 18.4 Å². The Morgan fingerprint density at radius 1 is 1.29 bits per heavy atom. The van der Waals surface area contributed by atoms with E-state index >= 15 is 0 Å². The quantitative estimate of drug-likeness (QED) is 0.747. The van der Waals surface area contributed by atoms with Gasteiger partial charge in [-0.25, -0.2) is 0 Å². The third kappa shape index (κ3) is 3.49. The molecule has 1 N–H and O–H groups in total. The van der Waals surface area contributed by atoms with Crippen molar-refractivity contribution in [2.75, 3.05) is 14.2 Å². The molecule has 1 aromatic carbocycles. The Bertz CT molecular complexity index is 798. The van der Waals surface area contributed by atoms with Crippen LogP contribution in [0.5, 0.6) is 5.75 Å². The average molecular weight is 344 g/mol. The molecule has 126 valence electrons. The van der Waals surface area contributed by atoms with Crippen LogP contribution < -0.4 is 9.64 Å². The number of aryl methyl sites for hydroxylation is 1. The van der Waals surface area contributed by atoms with Gasteiger partial charge in [0.25, 0.3) is 11.8 Å². The monoisotopic (exact) mass is 344 g/mol. The van der Waals surface area contributed by atoms with Crippen molar-refractivity contribution >= 4 is 11.3 Å². The Balaban J connectivity index is 1.75. The van der Waals surface area contributed by atoms with Gasteiger partial charge in [0.2, 0.25) is 0 Å². The zero-order valence-electron chi connectivity index (χ0n) is 14.4. The maximum Gasteiger partial charge on any atom is 0.274 e. The second kappa shape index (κ2) is 7.15. The van der Waals surface area contributed by atoms with Crippen molar-refractivity contribution in [1.29, 1.82) is 0 Å². The van der Waals surface area contributed by atoms with Crippen molar-refractivity contribution in [3.05, 3.63) is 52.7 Å². The molecular formula is C18H22N3O2S+. The van der Waals surface area contributed by atoms with Crippen LogP contribution in [-0.2, 0) is 6.54 Å². The number of rotatable bonds is 6. The van der Waals surface area contributed by atoms with E-state index in [0.29, 0.717) is 11.8 Å². The SMILES string of the molecule is COc1ccc(C)cc1C[NH+](C)[C@H](C)c1nnc(-c2cccs2)o1. The lowest BCUT2D eigenvalue weighted by Crippen LogP contribution is -3.07. The second-order valence-electron chi connectivity index (χ2n) is 5.98. The highest BCUT2D eigenvalue weighted by Gasteiger charge is 2.23. The molecule has 24 heavy (non-hydrogen) atoms. The Hall–Kier alpha value is -2.18. The highest BCUT2D eigenvalue weighted by molar-refractivity contribution is 7.13. The number of quaternary nitrogens is 1. The number of methoxy groups -OCH3 is 1. The maximum atomic E-state index is 5.87. The molecule has 0 radical (unpaired) electrons. The number of hydrogen-bond acceptors (Lipinski definition) is 5. The van der Waals surface area contributed by atoms with Crippen molar-refractivity contribution in [2.24, 2.45) is 0 Å². The summed E-state index contributed by atoms with van der Waals surface area (Å²) < 4.78 is 11.3. The summed E-state index contributed by atoms with van der Waals surface area (Å²) in [6, 6.07) is 10.3. The van der Waals surface area contributed by atoms with Gasteiger partial charge in [-0.15, -0.1) is 21.5 Å². The fourth-order valence-electron chi connectivity index (χ4n) is 2.62. The number of aromatic nitrogens is 2. The molecule has 6 heteroatoms. The minimum atomic E-state index is 0.0939. The Labute approximate surface area is 145 Å². The summed E-state index contributed by atoms with van der Waals surface area (Å²) in [6.07, 6.45) is 0. The van der Waals surface area contributed by atoms with Crippen molar-refractivity contribution in [3.63, 3.8) is 0 Å². The standard InChI is InChI=1S/C18H21N3O2S/c1-12-7-8-15(22-4)14(10-12)11-21(3)13(2)17-19-20-18(23-17)16-6-5-9-24-16/h5-10,13H,11H2,1-4H3/p+1/t13-/m1/s1. The summed E-state index contributed by atoms with van der Waals surface area (Å²) in [5.41, 5.74) is 2.41. The third-order valence-electron chi connectivity index (χ3n) is 4.19. The van der Waals surface area contributed by atoms with E-state index in [0.717, 1.165) is 17.2 Å². The predicted molar refractivity (Wildman–Crippen MR) is 94.3 cm³/mol. The molecule has 2 atom stereocenters. The summed E-state index contributed by atoms with van der Waals surface area (Å²) in [4.78, 5) is 2.26. The number of ether oxygens (including phenoxy) is 1. The van der Waals surface area contributed by atoms with E-state index in [4.69, 9.17) is 9.15 Å². The van der Waals surface area contributed by atoms with Crippen LogP contribution in [0.2, 0.25) is 0 Å². The highest BCUT2D eigenvalue weighted by atomic mass is 32.1. The van der Waals surface area contributed by atoms with Gasteiger partial charge in [-0.3, -0.25) is 0 Å². The number of nitrogens with one attached hydrogen (secondary N) is 1. The van der Waals surface area contributed by atoms with E-state index in [9.17, 15) is 0 Å². The van der Waals surface area contributed by atoms with Gasteiger partial charge < -0.3 is 14.1 Å². The van der Waals surface area contributed by atoms with Crippen LogP contribution in [0.3, 0.4) is 0 Å². The summed E-state index contributed by atoms with van der Waals surface area (Å²) in [7, 11) is 3.83. The first-order chi connectivity index (χ1) is 11.6. The summed E-state index contributed by atoms with van der Waals surface area (Å²) >= 11 is 1.60. The molecule has 3 aromatic rings. The first kappa shape index (κ1) is 16.7. The van der Waals surface area contributed by atoms with Crippen LogP contribution in [0.4, 0.5) is 0 Å².